The minimum atomic E-state index is -0.517. The number of aliphatic imine (C=N–C) groups is 1. The molecule has 0 unspecified atom stereocenters. The fraction of sp³-hybridized carbons (Fsp3) is 0.286. The van der Waals surface area contributed by atoms with E-state index in [2.05, 4.69) is 23.5 Å². The molecule has 3 aromatic rings. The maximum Gasteiger partial charge on any atom is 0.264 e. The third-order valence-corrected chi connectivity index (χ3v) is 5.95. The van der Waals surface area contributed by atoms with Gasteiger partial charge in [-0.25, -0.2) is 0 Å². The molecular weight excluding hydrogens is 480 g/mol. The molecule has 2 aromatic carbocycles. The Balaban J connectivity index is 2.12. The van der Waals surface area contributed by atoms with Crippen molar-refractivity contribution in [2.24, 2.45) is 4.99 Å². The molecular formula is C28H31ClN2O5. The molecule has 0 aliphatic rings. The number of aromatic hydroxyl groups is 1. The number of rotatable bonds is 10. The van der Waals surface area contributed by atoms with Crippen LogP contribution in [-0.4, -0.2) is 37.3 Å². The first-order valence-electron chi connectivity index (χ1n) is 11.6. The largest absolute Gasteiger partial charge is 0.506 e. The molecule has 0 amide bonds. The van der Waals surface area contributed by atoms with E-state index in [9.17, 15) is 9.90 Å². The zero-order valence-electron chi connectivity index (χ0n) is 21.0. The van der Waals surface area contributed by atoms with Crippen molar-refractivity contribution in [3.8, 4) is 28.4 Å². The Bertz CT molecular complexity index is 1290. The van der Waals surface area contributed by atoms with Crippen molar-refractivity contribution >= 4 is 17.5 Å². The first-order chi connectivity index (χ1) is 17.3. The number of hydrogen-bond donors (Lipinski definition) is 2. The topological polar surface area (TPSA) is 93.1 Å². The third-order valence-electron chi connectivity index (χ3n) is 5.70. The van der Waals surface area contributed by atoms with Gasteiger partial charge in [-0.2, -0.15) is 0 Å². The highest BCUT2D eigenvalue weighted by atomic mass is 35.5. The summed E-state index contributed by atoms with van der Waals surface area (Å²) >= 11 is 5.97. The van der Waals surface area contributed by atoms with Crippen molar-refractivity contribution in [2.75, 3.05) is 21.3 Å². The predicted molar refractivity (Wildman–Crippen MR) is 144 cm³/mol. The van der Waals surface area contributed by atoms with Crippen molar-refractivity contribution in [3.05, 3.63) is 87.0 Å². The second-order valence-corrected chi connectivity index (χ2v) is 8.58. The summed E-state index contributed by atoms with van der Waals surface area (Å²) in [6, 6.07) is 12.6. The summed E-state index contributed by atoms with van der Waals surface area (Å²) in [6.07, 6.45) is 2.63. The highest BCUT2D eigenvalue weighted by molar-refractivity contribution is 6.30. The summed E-state index contributed by atoms with van der Waals surface area (Å²) < 4.78 is 17.1. The molecule has 7 nitrogen and oxygen atoms in total. The molecule has 0 atom stereocenters. The van der Waals surface area contributed by atoms with E-state index < -0.39 is 5.56 Å². The fourth-order valence-electron chi connectivity index (χ4n) is 3.96. The van der Waals surface area contributed by atoms with Crippen molar-refractivity contribution in [3.63, 3.8) is 0 Å². The maximum atomic E-state index is 13.2. The molecule has 0 aliphatic carbocycles. The van der Waals surface area contributed by atoms with Gasteiger partial charge in [0.05, 0.1) is 25.3 Å². The number of allylic oxidation sites excluding steroid dienone is 1. The normalized spacial score (nSPS) is 11.3. The Kier molecular flexibility index (Phi) is 9.19. The lowest BCUT2D eigenvalue weighted by Gasteiger charge is -2.20. The molecule has 8 heteroatoms. The van der Waals surface area contributed by atoms with Gasteiger partial charge in [0.15, 0.2) is 0 Å². The van der Waals surface area contributed by atoms with E-state index in [1.165, 1.54) is 21.3 Å². The quantitative estimate of drug-likeness (QED) is 0.201. The molecule has 0 saturated heterocycles. The number of ether oxygens (including phenoxy) is 3. The number of aromatic amines is 1. The zero-order valence-corrected chi connectivity index (χ0v) is 21.7. The van der Waals surface area contributed by atoms with E-state index in [-0.39, 0.29) is 17.2 Å². The third kappa shape index (κ3) is 5.91. The number of H-pyrrole nitrogens is 1. The number of unbranched alkanes of at least 4 members (excludes halogenated alkanes) is 1. The molecule has 190 valence electrons. The summed E-state index contributed by atoms with van der Waals surface area (Å²) in [5.74, 6) is 1.01. The standard InChI is InChI=1S/C28H31ClN2O5/c1-6-7-9-20-23(24-21(34-4)10-8-11-22(24)35-5)26(32)25(27(33)31-20)28(30-3)36-17(2)16-18-12-14-19(29)15-13-18/h8,10-15H,2,6-7,9,16H2,1,3-5H3,(H2,31,32,33). The molecule has 0 saturated carbocycles. The van der Waals surface area contributed by atoms with Gasteiger partial charge >= 0.3 is 0 Å². The minimum Gasteiger partial charge on any atom is -0.506 e. The Morgan fingerprint density at radius 2 is 1.72 bits per heavy atom. The van der Waals surface area contributed by atoms with Gasteiger partial charge in [-0.1, -0.05) is 49.7 Å². The Morgan fingerprint density at radius 1 is 1.08 bits per heavy atom. The van der Waals surface area contributed by atoms with Crippen LogP contribution in [0.4, 0.5) is 0 Å². The summed E-state index contributed by atoms with van der Waals surface area (Å²) in [4.78, 5) is 20.3. The van der Waals surface area contributed by atoms with Crippen LogP contribution in [0.2, 0.25) is 5.02 Å². The lowest BCUT2D eigenvalue weighted by molar-refractivity contribution is 0.394. The summed E-state index contributed by atoms with van der Waals surface area (Å²) in [5, 5.41) is 12.2. The van der Waals surface area contributed by atoms with Gasteiger partial charge in [0.25, 0.3) is 5.56 Å². The molecule has 0 radical (unpaired) electrons. The average molecular weight is 511 g/mol. The number of benzene rings is 2. The molecule has 0 aliphatic heterocycles. The van der Waals surface area contributed by atoms with Crippen LogP contribution >= 0.6 is 11.6 Å². The minimum absolute atomic E-state index is 0.0510. The summed E-state index contributed by atoms with van der Waals surface area (Å²) in [7, 11) is 4.56. The molecule has 0 spiro atoms. The van der Waals surface area contributed by atoms with E-state index in [1.807, 2.05) is 12.1 Å². The van der Waals surface area contributed by atoms with Crippen molar-refractivity contribution < 1.29 is 19.3 Å². The van der Waals surface area contributed by atoms with E-state index >= 15 is 0 Å². The lowest BCUT2D eigenvalue weighted by atomic mass is 9.95. The Labute approximate surface area is 216 Å². The maximum absolute atomic E-state index is 13.2. The van der Waals surface area contributed by atoms with Crippen LogP contribution in [0, 0.1) is 0 Å². The van der Waals surface area contributed by atoms with Gasteiger partial charge in [-0.3, -0.25) is 9.79 Å². The summed E-state index contributed by atoms with van der Waals surface area (Å²) in [5.41, 5.74) is 1.81. The monoisotopic (exact) mass is 510 g/mol. The Morgan fingerprint density at radius 3 is 2.28 bits per heavy atom. The molecule has 36 heavy (non-hydrogen) atoms. The van der Waals surface area contributed by atoms with Crippen LogP contribution in [-0.2, 0) is 17.6 Å². The lowest BCUT2D eigenvalue weighted by Crippen LogP contribution is -2.23. The number of hydrogen-bond acceptors (Lipinski definition) is 6. The Hall–Kier alpha value is -3.71. The number of aromatic nitrogens is 1. The van der Waals surface area contributed by atoms with Crippen LogP contribution in [0.25, 0.3) is 11.1 Å². The van der Waals surface area contributed by atoms with E-state index in [0.29, 0.717) is 51.9 Å². The highest BCUT2D eigenvalue weighted by Gasteiger charge is 2.27. The second-order valence-electron chi connectivity index (χ2n) is 8.15. The number of nitrogens with one attached hydrogen (secondary N) is 1. The molecule has 2 N–H and O–H groups in total. The van der Waals surface area contributed by atoms with Crippen LogP contribution in [0.15, 0.2) is 64.6 Å². The number of aryl methyl sites for hydroxylation is 1. The van der Waals surface area contributed by atoms with E-state index in [1.54, 1.807) is 30.3 Å². The van der Waals surface area contributed by atoms with Gasteiger partial charge in [-0.15, -0.1) is 0 Å². The molecule has 0 fully saturated rings. The highest BCUT2D eigenvalue weighted by Crippen LogP contribution is 2.44. The number of halogens is 1. The van der Waals surface area contributed by atoms with Crippen molar-refractivity contribution in [2.45, 2.75) is 32.6 Å². The molecule has 1 aromatic heterocycles. The van der Waals surface area contributed by atoms with E-state index in [0.717, 1.165) is 18.4 Å². The van der Waals surface area contributed by atoms with Crippen LogP contribution in [0.1, 0.15) is 36.6 Å². The first-order valence-corrected chi connectivity index (χ1v) is 12.0. The van der Waals surface area contributed by atoms with Crippen molar-refractivity contribution in [1.29, 1.82) is 0 Å². The van der Waals surface area contributed by atoms with Gasteiger partial charge in [0.2, 0.25) is 5.90 Å². The first kappa shape index (κ1) is 26.9. The average Bonchev–Trinajstić information content (AvgIpc) is 2.87. The molecule has 0 bridgehead atoms. The second kappa shape index (κ2) is 12.3. The molecule has 3 rings (SSSR count). The number of nitrogens with zero attached hydrogens (tertiary/aromatic N) is 1. The van der Waals surface area contributed by atoms with Gasteiger partial charge in [0.1, 0.15) is 28.6 Å². The molecule has 1 heterocycles. The fourth-order valence-corrected chi connectivity index (χ4v) is 4.08. The SMILES string of the molecule is C=C(Cc1ccc(Cl)cc1)OC(=NC)c1c(O)c(-c2c(OC)cccc2OC)c(CCCC)[nH]c1=O. The number of methoxy groups -OCH3 is 2. The van der Waals surface area contributed by atoms with Gasteiger partial charge in [0, 0.05) is 24.2 Å². The van der Waals surface area contributed by atoms with Gasteiger partial charge in [-0.05, 0) is 42.7 Å². The summed E-state index contributed by atoms with van der Waals surface area (Å²) in [6.45, 7) is 6.02. The number of pyridine rings is 1. The van der Waals surface area contributed by atoms with Crippen LogP contribution < -0.4 is 15.0 Å². The van der Waals surface area contributed by atoms with Crippen LogP contribution in [0.5, 0.6) is 17.2 Å². The van der Waals surface area contributed by atoms with Gasteiger partial charge < -0.3 is 24.3 Å². The van der Waals surface area contributed by atoms with Crippen LogP contribution in [0.3, 0.4) is 0 Å². The smallest absolute Gasteiger partial charge is 0.264 e. The van der Waals surface area contributed by atoms with E-state index in [4.69, 9.17) is 25.8 Å². The van der Waals surface area contributed by atoms with Crippen molar-refractivity contribution in [1.82, 2.24) is 4.98 Å². The predicted octanol–water partition coefficient (Wildman–Crippen LogP) is 5.91. The zero-order chi connectivity index (χ0) is 26.2.